The van der Waals surface area contributed by atoms with Gasteiger partial charge in [0.25, 0.3) is 0 Å². The molecule has 0 saturated heterocycles. The summed E-state index contributed by atoms with van der Waals surface area (Å²) in [7, 11) is 8.05. The fourth-order valence-corrected chi connectivity index (χ4v) is 4.24. The minimum Gasteiger partial charge on any atom is -0.503 e. The lowest BCUT2D eigenvalue weighted by atomic mass is 10.1. The maximum absolute atomic E-state index is 12.9. The molecule has 0 spiro atoms. The number of rotatable bonds is 9. The van der Waals surface area contributed by atoms with Gasteiger partial charge in [-0.2, -0.15) is 0 Å². The highest BCUT2D eigenvalue weighted by atomic mass is 16.5. The smallest absolute Gasteiger partial charge is 0.248 e. The molecule has 3 aromatic carbocycles. The van der Waals surface area contributed by atoms with E-state index in [0.717, 1.165) is 22.0 Å². The summed E-state index contributed by atoms with van der Waals surface area (Å²) in [6, 6.07) is 14.9. The second kappa shape index (κ2) is 11.5. The molecular formula is C30H30N2O6. The van der Waals surface area contributed by atoms with Gasteiger partial charge < -0.3 is 33.9 Å². The van der Waals surface area contributed by atoms with Gasteiger partial charge in [-0.3, -0.25) is 4.79 Å². The van der Waals surface area contributed by atoms with Crippen LogP contribution in [0, 0.1) is 0 Å². The summed E-state index contributed by atoms with van der Waals surface area (Å²) >= 11 is 0. The molecule has 38 heavy (non-hydrogen) atoms. The molecule has 0 radical (unpaired) electrons. The van der Waals surface area contributed by atoms with E-state index >= 15 is 0 Å². The van der Waals surface area contributed by atoms with Crippen LogP contribution in [0.5, 0.6) is 28.7 Å². The first kappa shape index (κ1) is 26.2. The molecule has 0 aliphatic carbocycles. The van der Waals surface area contributed by atoms with Crippen LogP contribution < -0.4 is 24.3 Å². The standard InChI is InChI=1S/C30H30N2O6/c1-32-18-21(22-8-6-7-9-23(22)32)13-15-27(33)31-28-20(12-14-24(35-2)29(28)34)11-10-19-16-25(36-3)30(38-5)26(17-19)37-4/h6-18,34H,1-5H3,(H,31,33)/b11-10?,15-13+. The molecular weight excluding hydrogens is 484 g/mol. The monoisotopic (exact) mass is 514 g/mol. The van der Waals surface area contributed by atoms with E-state index in [2.05, 4.69) is 5.32 Å². The number of anilines is 1. The van der Waals surface area contributed by atoms with Crippen molar-refractivity contribution in [3.05, 3.63) is 77.5 Å². The van der Waals surface area contributed by atoms with Crippen molar-refractivity contribution < 1.29 is 28.8 Å². The van der Waals surface area contributed by atoms with Crippen molar-refractivity contribution in [2.45, 2.75) is 0 Å². The number of hydrogen-bond acceptors (Lipinski definition) is 6. The van der Waals surface area contributed by atoms with Crippen molar-refractivity contribution in [3.63, 3.8) is 0 Å². The van der Waals surface area contributed by atoms with E-state index in [1.54, 1.807) is 57.7 Å². The van der Waals surface area contributed by atoms with Gasteiger partial charge in [-0.25, -0.2) is 0 Å². The third-order valence-electron chi connectivity index (χ3n) is 6.13. The van der Waals surface area contributed by atoms with Crippen molar-refractivity contribution in [2.24, 2.45) is 7.05 Å². The second-order valence-corrected chi connectivity index (χ2v) is 8.41. The highest BCUT2D eigenvalue weighted by Crippen LogP contribution is 2.40. The molecule has 196 valence electrons. The molecule has 2 N–H and O–H groups in total. The number of ether oxygens (including phenoxy) is 4. The van der Waals surface area contributed by atoms with Crippen molar-refractivity contribution in [1.29, 1.82) is 0 Å². The average molecular weight is 515 g/mol. The lowest BCUT2D eigenvalue weighted by Gasteiger charge is -2.14. The summed E-state index contributed by atoms with van der Waals surface area (Å²) in [4.78, 5) is 12.9. The SMILES string of the molecule is COc1ccc(C=Cc2cc(OC)c(OC)c(OC)c2)c(NC(=O)/C=C/c2cn(C)c3ccccc23)c1O. The van der Waals surface area contributed by atoms with Crippen molar-refractivity contribution in [2.75, 3.05) is 33.8 Å². The Labute approximate surface area is 221 Å². The average Bonchev–Trinajstić information content (AvgIpc) is 3.26. The molecule has 0 fully saturated rings. The van der Waals surface area contributed by atoms with E-state index < -0.39 is 5.91 Å². The predicted octanol–water partition coefficient (Wildman–Crippen LogP) is 5.74. The van der Waals surface area contributed by atoms with E-state index in [-0.39, 0.29) is 17.2 Å². The van der Waals surface area contributed by atoms with Crippen LogP contribution in [-0.4, -0.2) is 44.0 Å². The van der Waals surface area contributed by atoms with Gasteiger partial charge in [0.05, 0.1) is 34.1 Å². The third kappa shape index (κ3) is 5.29. The summed E-state index contributed by atoms with van der Waals surface area (Å²) < 4.78 is 23.5. The number of methoxy groups -OCH3 is 4. The first-order valence-corrected chi connectivity index (χ1v) is 11.8. The van der Waals surface area contributed by atoms with E-state index in [9.17, 15) is 9.90 Å². The van der Waals surface area contributed by atoms with Crippen molar-refractivity contribution >= 4 is 40.7 Å². The molecule has 4 rings (SSSR count). The van der Waals surface area contributed by atoms with Crippen LogP contribution in [0.3, 0.4) is 0 Å². The highest BCUT2D eigenvalue weighted by molar-refractivity contribution is 6.06. The number of aromatic nitrogens is 1. The van der Waals surface area contributed by atoms with Crippen molar-refractivity contribution in [3.8, 4) is 28.7 Å². The van der Waals surface area contributed by atoms with E-state index in [1.165, 1.54) is 13.2 Å². The molecule has 1 heterocycles. The lowest BCUT2D eigenvalue weighted by Crippen LogP contribution is -2.09. The van der Waals surface area contributed by atoms with Gasteiger partial charge in [0.15, 0.2) is 23.0 Å². The Morgan fingerprint density at radius 3 is 2.18 bits per heavy atom. The number of phenolic OH excluding ortho intramolecular Hbond substituents is 1. The summed E-state index contributed by atoms with van der Waals surface area (Å²) in [5, 5.41) is 14.7. The molecule has 8 nitrogen and oxygen atoms in total. The van der Waals surface area contributed by atoms with Crippen LogP contribution in [0.1, 0.15) is 16.7 Å². The second-order valence-electron chi connectivity index (χ2n) is 8.41. The van der Waals surface area contributed by atoms with Gasteiger partial charge in [-0.1, -0.05) is 30.4 Å². The molecule has 0 saturated carbocycles. The molecule has 0 atom stereocenters. The number of para-hydroxylation sites is 1. The minimum absolute atomic E-state index is 0.175. The number of hydrogen-bond donors (Lipinski definition) is 2. The zero-order valence-corrected chi connectivity index (χ0v) is 21.9. The number of aromatic hydroxyl groups is 1. The zero-order valence-electron chi connectivity index (χ0n) is 21.9. The summed E-state index contributed by atoms with van der Waals surface area (Å²) in [6.45, 7) is 0. The summed E-state index contributed by atoms with van der Waals surface area (Å²) in [5.41, 5.74) is 3.54. The van der Waals surface area contributed by atoms with Gasteiger partial charge in [0.1, 0.15) is 0 Å². The molecule has 0 aliphatic rings. The van der Waals surface area contributed by atoms with Gasteiger partial charge in [0, 0.05) is 41.4 Å². The predicted molar refractivity (Wildman–Crippen MR) is 150 cm³/mol. The number of fused-ring (bicyclic) bond motifs is 1. The number of phenols is 1. The van der Waals surface area contributed by atoms with Gasteiger partial charge in [-0.05, 0) is 42.0 Å². The normalized spacial score (nSPS) is 11.3. The fourth-order valence-electron chi connectivity index (χ4n) is 4.24. The Morgan fingerprint density at radius 2 is 1.53 bits per heavy atom. The van der Waals surface area contributed by atoms with Crippen LogP contribution in [0.15, 0.2) is 60.8 Å². The molecule has 8 heteroatoms. The quantitative estimate of drug-likeness (QED) is 0.168. The van der Waals surface area contributed by atoms with E-state index in [0.29, 0.717) is 22.8 Å². The molecule has 0 bridgehead atoms. The number of amides is 1. The molecule has 4 aromatic rings. The molecule has 1 amide bonds. The third-order valence-corrected chi connectivity index (χ3v) is 6.13. The Bertz CT molecular complexity index is 1510. The Kier molecular flexibility index (Phi) is 7.91. The van der Waals surface area contributed by atoms with Gasteiger partial charge >= 0.3 is 0 Å². The lowest BCUT2D eigenvalue weighted by molar-refractivity contribution is -0.111. The Hall–Kier alpha value is -4.85. The number of carbonyl (C=O) groups excluding carboxylic acids is 1. The summed E-state index contributed by atoms with van der Waals surface area (Å²) in [6.07, 6.45) is 8.73. The number of benzene rings is 3. The first-order valence-electron chi connectivity index (χ1n) is 11.8. The molecule has 1 aromatic heterocycles. The first-order chi connectivity index (χ1) is 18.4. The fraction of sp³-hybridized carbons (Fsp3) is 0.167. The van der Waals surface area contributed by atoms with Crippen LogP contribution in [0.2, 0.25) is 0 Å². The van der Waals surface area contributed by atoms with Gasteiger partial charge in [0.2, 0.25) is 11.7 Å². The Balaban J connectivity index is 1.64. The number of nitrogens with one attached hydrogen (secondary N) is 1. The number of nitrogens with zero attached hydrogens (tertiary/aromatic N) is 1. The largest absolute Gasteiger partial charge is 0.503 e. The van der Waals surface area contributed by atoms with E-state index in [1.807, 2.05) is 48.2 Å². The molecule has 0 unspecified atom stereocenters. The zero-order chi connectivity index (χ0) is 27.2. The van der Waals surface area contributed by atoms with Gasteiger partial charge in [-0.15, -0.1) is 0 Å². The van der Waals surface area contributed by atoms with E-state index in [4.69, 9.17) is 18.9 Å². The highest BCUT2D eigenvalue weighted by Gasteiger charge is 2.15. The van der Waals surface area contributed by atoms with Crippen LogP contribution in [-0.2, 0) is 11.8 Å². The summed E-state index contributed by atoms with van der Waals surface area (Å²) in [5.74, 6) is 1.17. The minimum atomic E-state index is -0.399. The van der Waals surface area contributed by atoms with Crippen LogP contribution in [0.4, 0.5) is 5.69 Å². The maximum atomic E-state index is 12.9. The van der Waals surface area contributed by atoms with Crippen molar-refractivity contribution in [1.82, 2.24) is 4.57 Å². The van der Waals surface area contributed by atoms with Crippen LogP contribution >= 0.6 is 0 Å². The number of carbonyl (C=O) groups is 1. The Morgan fingerprint density at radius 1 is 0.842 bits per heavy atom. The number of aryl methyl sites for hydroxylation is 1. The van der Waals surface area contributed by atoms with Crippen LogP contribution in [0.25, 0.3) is 29.1 Å². The topological polar surface area (TPSA) is 91.2 Å². The maximum Gasteiger partial charge on any atom is 0.248 e. The molecule has 0 aliphatic heterocycles.